The lowest BCUT2D eigenvalue weighted by Crippen LogP contribution is -2.27. The molecular weight excluding hydrogens is 273 g/mol. The summed E-state index contributed by atoms with van der Waals surface area (Å²) < 4.78 is 13.8. The van der Waals surface area contributed by atoms with Crippen LogP contribution < -0.4 is 0 Å². The first-order valence-corrected chi connectivity index (χ1v) is 6.85. The van der Waals surface area contributed by atoms with Crippen LogP contribution in [0.1, 0.15) is 35.2 Å². The average Bonchev–Trinajstić information content (AvgIpc) is 2.49. The maximum atomic E-state index is 13.8. The highest BCUT2D eigenvalue weighted by Crippen LogP contribution is 2.12. The number of carbonyl (C=O) groups is 1. The van der Waals surface area contributed by atoms with Gasteiger partial charge >= 0.3 is 0 Å². The summed E-state index contributed by atoms with van der Waals surface area (Å²) in [5, 5.41) is 17.3. The van der Waals surface area contributed by atoms with Crippen LogP contribution in [0.3, 0.4) is 0 Å². The summed E-state index contributed by atoms with van der Waals surface area (Å²) in [5.74, 6) is 4.03. The Morgan fingerprint density at radius 2 is 2.05 bits per heavy atom. The number of aliphatic hydroxyl groups is 2. The molecule has 2 N–H and O–H groups in total. The van der Waals surface area contributed by atoms with Crippen LogP contribution in [0.15, 0.2) is 18.2 Å². The van der Waals surface area contributed by atoms with Crippen molar-refractivity contribution >= 4 is 5.91 Å². The maximum Gasteiger partial charge on any atom is 0.253 e. The van der Waals surface area contributed by atoms with Crippen LogP contribution in [0, 0.1) is 17.7 Å². The molecule has 0 aliphatic heterocycles. The number of halogens is 1. The summed E-state index contributed by atoms with van der Waals surface area (Å²) in [6, 6.07) is 4.12. The van der Waals surface area contributed by atoms with Crippen molar-refractivity contribution in [2.45, 2.75) is 19.3 Å². The van der Waals surface area contributed by atoms with E-state index in [1.807, 2.05) is 0 Å². The Balaban J connectivity index is 2.67. The third-order valence-electron chi connectivity index (χ3n) is 3.02. The van der Waals surface area contributed by atoms with Gasteiger partial charge in [-0.05, 0) is 37.5 Å². The Morgan fingerprint density at radius 1 is 1.29 bits per heavy atom. The third kappa shape index (κ3) is 5.54. The zero-order valence-corrected chi connectivity index (χ0v) is 12.1. The minimum Gasteiger partial charge on any atom is -0.396 e. The van der Waals surface area contributed by atoms with Crippen molar-refractivity contribution in [1.29, 1.82) is 0 Å². The summed E-state index contributed by atoms with van der Waals surface area (Å²) in [6.45, 7) is 0.377. The van der Waals surface area contributed by atoms with Gasteiger partial charge in [-0.1, -0.05) is 11.8 Å². The highest BCUT2D eigenvalue weighted by atomic mass is 19.1. The first-order valence-electron chi connectivity index (χ1n) is 6.85. The minimum absolute atomic E-state index is 0.152. The number of unbranched alkanes of at least 4 members (excludes halogenated alkanes) is 2. The molecule has 1 rings (SSSR count). The molecule has 114 valence electrons. The first-order chi connectivity index (χ1) is 10.1. The Bertz CT molecular complexity index is 534. The second kappa shape index (κ2) is 9.11. The van der Waals surface area contributed by atoms with Crippen molar-refractivity contribution in [1.82, 2.24) is 4.90 Å². The van der Waals surface area contributed by atoms with Gasteiger partial charge in [-0.3, -0.25) is 4.79 Å². The fraction of sp³-hybridized carbons (Fsp3) is 0.438. The summed E-state index contributed by atoms with van der Waals surface area (Å²) in [5.41, 5.74) is 0.429. The van der Waals surface area contributed by atoms with E-state index in [-0.39, 0.29) is 30.2 Å². The molecule has 0 aliphatic rings. The highest BCUT2D eigenvalue weighted by molar-refractivity contribution is 5.94. The lowest BCUT2D eigenvalue weighted by Gasteiger charge is -2.17. The Labute approximate surface area is 124 Å². The van der Waals surface area contributed by atoms with E-state index in [1.165, 1.54) is 17.0 Å². The third-order valence-corrected chi connectivity index (χ3v) is 3.02. The fourth-order valence-electron chi connectivity index (χ4n) is 1.84. The van der Waals surface area contributed by atoms with Crippen molar-refractivity contribution < 1.29 is 19.4 Å². The lowest BCUT2D eigenvalue weighted by atomic mass is 10.1. The molecule has 0 unspecified atom stereocenters. The quantitative estimate of drug-likeness (QED) is 0.616. The smallest absolute Gasteiger partial charge is 0.253 e. The van der Waals surface area contributed by atoms with Crippen LogP contribution >= 0.6 is 0 Å². The van der Waals surface area contributed by atoms with Crippen LogP contribution in [0.25, 0.3) is 0 Å². The molecule has 0 radical (unpaired) electrons. The van der Waals surface area contributed by atoms with Gasteiger partial charge in [0.05, 0.1) is 5.56 Å². The maximum absolute atomic E-state index is 13.8. The highest BCUT2D eigenvalue weighted by Gasteiger charge is 2.13. The zero-order chi connectivity index (χ0) is 15.7. The summed E-state index contributed by atoms with van der Waals surface area (Å²) in [6.07, 6.45) is 2.36. The van der Waals surface area contributed by atoms with Crippen molar-refractivity contribution in [3.8, 4) is 11.8 Å². The van der Waals surface area contributed by atoms with Crippen LogP contribution in [0.5, 0.6) is 0 Å². The van der Waals surface area contributed by atoms with Gasteiger partial charge < -0.3 is 15.1 Å². The predicted molar refractivity (Wildman–Crippen MR) is 78.3 cm³/mol. The standard InChI is InChI=1S/C16H20FNO3/c1-18(9-3-2-4-10-19)16(21)14-8-7-13(6-5-11-20)15(17)12-14/h7-8,12,19-20H,2-4,9-11H2,1H3. The molecule has 0 saturated heterocycles. The van der Waals surface area contributed by atoms with Gasteiger partial charge in [-0.2, -0.15) is 0 Å². The number of rotatable bonds is 6. The van der Waals surface area contributed by atoms with Crippen LogP contribution in [-0.4, -0.2) is 47.8 Å². The summed E-state index contributed by atoms with van der Waals surface area (Å²) >= 11 is 0. The molecule has 4 nitrogen and oxygen atoms in total. The van der Waals surface area contributed by atoms with Gasteiger partial charge in [0.15, 0.2) is 0 Å². The predicted octanol–water partition coefficient (Wildman–Crippen LogP) is 1.40. The first kappa shape index (κ1) is 17.2. The Hall–Kier alpha value is -1.90. The zero-order valence-electron chi connectivity index (χ0n) is 12.1. The molecule has 1 amide bonds. The number of aliphatic hydroxyl groups excluding tert-OH is 2. The van der Waals surface area contributed by atoms with E-state index >= 15 is 0 Å². The van der Waals surface area contributed by atoms with Crippen LogP contribution in [0.2, 0.25) is 0 Å². The van der Waals surface area contributed by atoms with E-state index in [0.29, 0.717) is 6.54 Å². The minimum atomic E-state index is -0.574. The molecule has 0 fully saturated rings. The van der Waals surface area contributed by atoms with Crippen LogP contribution in [-0.2, 0) is 0 Å². The van der Waals surface area contributed by atoms with Crippen LogP contribution in [0.4, 0.5) is 4.39 Å². The topological polar surface area (TPSA) is 60.8 Å². The molecule has 1 aromatic rings. The average molecular weight is 293 g/mol. The van der Waals surface area contributed by atoms with Gasteiger partial charge in [0, 0.05) is 25.8 Å². The molecule has 0 atom stereocenters. The monoisotopic (exact) mass is 293 g/mol. The van der Waals surface area contributed by atoms with E-state index in [1.54, 1.807) is 7.05 Å². The van der Waals surface area contributed by atoms with E-state index in [4.69, 9.17) is 10.2 Å². The van der Waals surface area contributed by atoms with E-state index in [2.05, 4.69) is 11.8 Å². The molecule has 0 aliphatic carbocycles. The molecule has 21 heavy (non-hydrogen) atoms. The summed E-state index contributed by atoms with van der Waals surface area (Å²) in [7, 11) is 1.67. The fourth-order valence-corrected chi connectivity index (χ4v) is 1.84. The van der Waals surface area contributed by atoms with Gasteiger partial charge in [-0.25, -0.2) is 4.39 Å². The molecule has 0 bridgehead atoms. The lowest BCUT2D eigenvalue weighted by molar-refractivity contribution is 0.0791. The molecule has 5 heteroatoms. The number of carbonyl (C=O) groups excluding carboxylic acids is 1. The van der Waals surface area contributed by atoms with E-state index in [0.717, 1.165) is 25.3 Å². The number of hydrogen-bond acceptors (Lipinski definition) is 3. The second-order valence-corrected chi connectivity index (χ2v) is 4.67. The van der Waals surface area contributed by atoms with E-state index < -0.39 is 5.82 Å². The molecule has 0 aromatic heterocycles. The molecule has 0 heterocycles. The molecule has 0 spiro atoms. The SMILES string of the molecule is CN(CCCCCO)C(=O)c1ccc(C#CCO)c(F)c1. The normalized spacial score (nSPS) is 9.90. The van der Waals surface area contributed by atoms with Crippen molar-refractivity contribution in [2.75, 3.05) is 26.8 Å². The number of hydrogen-bond donors (Lipinski definition) is 2. The number of amides is 1. The van der Waals surface area contributed by atoms with Crippen molar-refractivity contribution in [3.63, 3.8) is 0 Å². The molecule has 1 aromatic carbocycles. The van der Waals surface area contributed by atoms with Gasteiger partial charge in [0.25, 0.3) is 5.91 Å². The summed E-state index contributed by atoms with van der Waals surface area (Å²) in [4.78, 5) is 13.7. The number of nitrogens with zero attached hydrogens (tertiary/aromatic N) is 1. The molecule has 0 saturated carbocycles. The Kier molecular flexibility index (Phi) is 7.44. The van der Waals surface area contributed by atoms with Gasteiger partial charge in [0.2, 0.25) is 0 Å². The largest absolute Gasteiger partial charge is 0.396 e. The second-order valence-electron chi connectivity index (χ2n) is 4.67. The van der Waals surface area contributed by atoms with Gasteiger partial charge in [0.1, 0.15) is 12.4 Å². The Morgan fingerprint density at radius 3 is 2.67 bits per heavy atom. The van der Waals surface area contributed by atoms with Crippen molar-refractivity contribution in [3.05, 3.63) is 35.1 Å². The number of benzene rings is 1. The molecular formula is C16H20FNO3. The van der Waals surface area contributed by atoms with Crippen molar-refractivity contribution in [2.24, 2.45) is 0 Å². The van der Waals surface area contributed by atoms with Gasteiger partial charge in [-0.15, -0.1) is 0 Å². The van der Waals surface area contributed by atoms with E-state index in [9.17, 15) is 9.18 Å².